The van der Waals surface area contributed by atoms with Gasteiger partial charge in [0.2, 0.25) is 0 Å². The number of halogens is 2. The Bertz CT molecular complexity index is 472. The van der Waals surface area contributed by atoms with Crippen LogP contribution in [0.5, 0.6) is 0 Å². The molecular weight excluding hydrogens is 242 g/mol. The van der Waals surface area contributed by atoms with Gasteiger partial charge in [-0.3, -0.25) is 4.99 Å². The smallest absolute Gasteiger partial charge is 0.161 e. The first-order chi connectivity index (χ1) is 8.22. The van der Waals surface area contributed by atoms with Crippen molar-refractivity contribution < 1.29 is 8.78 Å². The fraction of sp³-hybridized carbons (Fsp3) is 0.417. The molecule has 5 heteroatoms. The van der Waals surface area contributed by atoms with Gasteiger partial charge in [0.25, 0.3) is 0 Å². The number of amidine groups is 1. The summed E-state index contributed by atoms with van der Waals surface area (Å²) in [4.78, 5) is 4.32. The van der Waals surface area contributed by atoms with Crippen molar-refractivity contribution in [3.63, 3.8) is 0 Å². The van der Waals surface area contributed by atoms with Crippen LogP contribution in [-0.4, -0.2) is 17.0 Å². The Balaban J connectivity index is 1.68. The minimum absolute atomic E-state index is 0.160. The topological polar surface area (TPSA) is 24.4 Å². The largest absolute Gasteiger partial charge is 0.332 e. The molecule has 1 unspecified atom stereocenters. The highest BCUT2D eigenvalue weighted by atomic mass is 32.2. The second-order valence-electron chi connectivity index (χ2n) is 4.39. The molecule has 1 heterocycles. The van der Waals surface area contributed by atoms with Crippen LogP contribution in [0.1, 0.15) is 12.8 Å². The molecule has 1 aliphatic heterocycles. The first-order valence-electron chi connectivity index (χ1n) is 5.65. The highest BCUT2D eigenvalue weighted by Gasteiger charge is 2.35. The molecule has 1 aromatic rings. The van der Waals surface area contributed by atoms with Crippen LogP contribution in [0, 0.1) is 17.6 Å². The van der Waals surface area contributed by atoms with Gasteiger partial charge >= 0.3 is 0 Å². The van der Waals surface area contributed by atoms with Gasteiger partial charge in [0.1, 0.15) is 11.6 Å². The van der Waals surface area contributed by atoms with E-state index in [4.69, 9.17) is 0 Å². The number of hydrogen-bond donors (Lipinski definition) is 1. The Morgan fingerprint density at radius 1 is 1.29 bits per heavy atom. The molecule has 1 fully saturated rings. The number of aliphatic imine (C=N–C) groups is 1. The lowest BCUT2D eigenvalue weighted by atomic mass is 10.3. The van der Waals surface area contributed by atoms with E-state index in [0.29, 0.717) is 10.4 Å². The molecule has 17 heavy (non-hydrogen) atoms. The van der Waals surface area contributed by atoms with Gasteiger partial charge in [0, 0.05) is 11.3 Å². The number of benzene rings is 1. The molecule has 0 spiro atoms. The van der Waals surface area contributed by atoms with E-state index in [1.165, 1.54) is 12.8 Å². The molecule has 0 aromatic heterocycles. The van der Waals surface area contributed by atoms with Crippen molar-refractivity contribution in [2.45, 2.75) is 18.1 Å². The lowest BCUT2D eigenvalue weighted by molar-refractivity contribution is 0.604. The summed E-state index contributed by atoms with van der Waals surface area (Å²) >= 11 is 1.64. The minimum atomic E-state index is -0.454. The van der Waals surface area contributed by atoms with Crippen LogP contribution in [0.3, 0.4) is 0 Å². The lowest BCUT2D eigenvalue weighted by Gasteiger charge is -2.08. The van der Waals surface area contributed by atoms with Crippen LogP contribution < -0.4 is 5.32 Å². The van der Waals surface area contributed by atoms with Gasteiger partial charge in [0.05, 0.1) is 12.2 Å². The third-order valence-corrected chi connectivity index (χ3v) is 4.29. The van der Waals surface area contributed by atoms with Crippen molar-refractivity contribution >= 4 is 22.6 Å². The molecule has 0 saturated heterocycles. The van der Waals surface area contributed by atoms with E-state index in [1.54, 1.807) is 11.8 Å². The molecule has 1 atom stereocenters. The highest BCUT2D eigenvalue weighted by Crippen LogP contribution is 2.42. The molecule has 0 radical (unpaired) electrons. The molecule has 0 amide bonds. The Kier molecular flexibility index (Phi) is 2.78. The van der Waals surface area contributed by atoms with E-state index >= 15 is 0 Å². The van der Waals surface area contributed by atoms with Crippen LogP contribution in [0.15, 0.2) is 23.2 Å². The van der Waals surface area contributed by atoms with Crippen LogP contribution in [0.25, 0.3) is 0 Å². The maximum Gasteiger partial charge on any atom is 0.161 e. The van der Waals surface area contributed by atoms with Crippen molar-refractivity contribution in [3.05, 3.63) is 29.8 Å². The van der Waals surface area contributed by atoms with E-state index in [2.05, 4.69) is 10.3 Å². The second kappa shape index (κ2) is 4.29. The van der Waals surface area contributed by atoms with Crippen LogP contribution in [-0.2, 0) is 0 Å². The van der Waals surface area contributed by atoms with E-state index < -0.39 is 11.6 Å². The standard InChI is InChI=1S/C12H12F2N2S/c13-8-3-4-9(14)10(5-8)16-12-15-6-11(17-12)7-1-2-7/h3-5,7,11H,1-2,6H2,(H,15,16). The molecule has 2 aliphatic rings. The van der Waals surface area contributed by atoms with E-state index in [0.717, 1.165) is 30.7 Å². The Hall–Kier alpha value is -1.10. The fourth-order valence-corrected chi connectivity index (χ4v) is 3.10. The maximum absolute atomic E-state index is 13.4. The van der Waals surface area contributed by atoms with Gasteiger partial charge < -0.3 is 5.32 Å². The van der Waals surface area contributed by atoms with Crippen molar-refractivity contribution in [2.24, 2.45) is 10.9 Å². The molecule has 1 saturated carbocycles. The summed E-state index contributed by atoms with van der Waals surface area (Å²) in [5, 5.41) is 4.08. The van der Waals surface area contributed by atoms with Gasteiger partial charge in [0.15, 0.2) is 5.17 Å². The zero-order valence-electron chi connectivity index (χ0n) is 9.12. The Morgan fingerprint density at radius 2 is 2.12 bits per heavy atom. The number of anilines is 1. The molecule has 1 aromatic carbocycles. The second-order valence-corrected chi connectivity index (χ2v) is 5.62. The van der Waals surface area contributed by atoms with Crippen LogP contribution in [0.2, 0.25) is 0 Å². The zero-order chi connectivity index (χ0) is 11.8. The molecule has 1 N–H and O–H groups in total. The maximum atomic E-state index is 13.4. The summed E-state index contributed by atoms with van der Waals surface area (Å²) in [6.45, 7) is 0.786. The van der Waals surface area contributed by atoms with Gasteiger partial charge in [-0.15, -0.1) is 0 Å². The summed E-state index contributed by atoms with van der Waals surface area (Å²) < 4.78 is 26.4. The predicted octanol–water partition coefficient (Wildman–Crippen LogP) is 3.26. The van der Waals surface area contributed by atoms with E-state index in [9.17, 15) is 8.78 Å². The molecule has 90 valence electrons. The summed E-state index contributed by atoms with van der Waals surface area (Å²) in [6.07, 6.45) is 2.55. The summed E-state index contributed by atoms with van der Waals surface area (Å²) in [7, 11) is 0. The number of thioether (sulfide) groups is 1. The Labute approximate surface area is 103 Å². The quantitative estimate of drug-likeness (QED) is 0.876. The van der Waals surface area contributed by atoms with Crippen molar-refractivity contribution in [2.75, 3.05) is 11.9 Å². The summed E-state index contributed by atoms with van der Waals surface area (Å²) in [5.74, 6) is -0.138. The Morgan fingerprint density at radius 3 is 2.88 bits per heavy atom. The third kappa shape index (κ3) is 2.44. The first kappa shape index (κ1) is 11.0. The number of nitrogens with one attached hydrogen (secondary N) is 1. The zero-order valence-corrected chi connectivity index (χ0v) is 9.94. The van der Waals surface area contributed by atoms with Gasteiger partial charge in [-0.05, 0) is 30.9 Å². The van der Waals surface area contributed by atoms with Crippen LogP contribution in [0.4, 0.5) is 14.5 Å². The van der Waals surface area contributed by atoms with Crippen molar-refractivity contribution in [3.8, 4) is 0 Å². The van der Waals surface area contributed by atoms with Gasteiger partial charge in [-0.2, -0.15) is 0 Å². The molecular formula is C12H12F2N2S. The van der Waals surface area contributed by atoms with Gasteiger partial charge in [-0.1, -0.05) is 11.8 Å². The van der Waals surface area contributed by atoms with Gasteiger partial charge in [-0.25, -0.2) is 8.78 Å². The minimum Gasteiger partial charge on any atom is -0.332 e. The number of rotatable bonds is 2. The molecule has 0 bridgehead atoms. The average Bonchev–Trinajstić information content (AvgIpc) is 3.05. The molecule has 3 rings (SSSR count). The third-order valence-electron chi connectivity index (χ3n) is 3.00. The average molecular weight is 254 g/mol. The van der Waals surface area contributed by atoms with Crippen molar-refractivity contribution in [1.29, 1.82) is 0 Å². The molecule has 1 aliphatic carbocycles. The predicted molar refractivity (Wildman–Crippen MR) is 66.4 cm³/mol. The van der Waals surface area contributed by atoms with E-state index in [-0.39, 0.29) is 5.69 Å². The summed E-state index contributed by atoms with van der Waals surface area (Å²) in [5.41, 5.74) is 0.160. The van der Waals surface area contributed by atoms with Crippen LogP contribution >= 0.6 is 11.8 Å². The van der Waals surface area contributed by atoms with E-state index in [1.807, 2.05) is 0 Å². The fourth-order valence-electron chi connectivity index (χ4n) is 1.88. The first-order valence-corrected chi connectivity index (χ1v) is 6.53. The normalized spacial score (nSPS) is 23.6. The summed E-state index contributed by atoms with van der Waals surface area (Å²) in [6, 6.07) is 3.39. The molecule has 2 nitrogen and oxygen atoms in total. The number of hydrogen-bond acceptors (Lipinski definition) is 3. The number of nitrogens with zero attached hydrogens (tertiary/aromatic N) is 1. The SMILES string of the molecule is Fc1ccc(F)c(NC2=NCC(C3CC3)S2)c1. The highest BCUT2D eigenvalue weighted by molar-refractivity contribution is 8.15. The lowest BCUT2D eigenvalue weighted by Crippen LogP contribution is -2.10. The monoisotopic (exact) mass is 254 g/mol. The van der Waals surface area contributed by atoms with Crippen molar-refractivity contribution in [1.82, 2.24) is 0 Å².